The van der Waals surface area contributed by atoms with Crippen LogP contribution in [-0.4, -0.2) is 60.3 Å². The van der Waals surface area contributed by atoms with Crippen molar-refractivity contribution in [3.05, 3.63) is 74.6 Å². The van der Waals surface area contributed by atoms with Crippen LogP contribution in [0, 0.1) is 15.9 Å². The van der Waals surface area contributed by atoms with E-state index in [1.165, 1.54) is 42.2 Å². The molecular formula is C23H21ClFN3O6. The Kier molecular flexibility index (Phi) is 7.95. The minimum Gasteiger partial charge on any atom is -0.452 e. The van der Waals surface area contributed by atoms with Gasteiger partial charge in [0.25, 0.3) is 11.6 Å². The Morgan fingerprint density at radius 3 is 2.47 bits per heavy atom. The highest BCUT2D eigenvalue weighted by molar-refractivity contribution is 6.32. The fourth-order valence-corrected chi connectivity index (χ4v) is 3.58. The number of piperazine rings is 1. The van der Waals surface area contributed by atoms with Crippen LogP contribution in [0.2, 0.25) is 5.02 Å². The molecule has 1 aliphatic rings. The summed E-state index contributed by atoms with van der Waals surface area (Å²) in [6, 6.07) is 8.37. The minimum atomic E-state index is -0.780. The van der Waals surface area contributed by atoms with Gasteiger partial charge < -0.3 is 14.5 Å². The molecule has 0 bridgehead atoms. The summed E-state index contributed by atoms with van der Waals surface area (Å²) in [4.78, 5) is 49.3. The van der Waals surface area contributed by atoms with Gasteiger partial charge in [-0.3, -0.25) is 19.7 Å². The average molecular weight is 490 g/mol. The van der Waals surface area contributed by atoms with Crippen molar-refractivity contribution in [1.82, 2.24) is 4.90 Å². The highest BCUT2D eigenvalue weighted by Crippen LogP contribution is 2.25. The van der Waals surface area contributed by atoms with Crippen LogP contribution in [0.3, 0.4) is 0 Å². The molecule has 11 heteroatoms. The highest BCUT2D eigenvalue weighted by atomic mass is 35.5. The molecule has 0 N–H and O–H groups in total. The summed E-state index contributed by atoms with van der Waals surface area (Å²) in [7, 11) is 0. The number of halogens is 2. The van der Waals surface area contributed by atoms with E-state index in [9.17, 15) is 28.9 Å². The smallest absolute Gasteiger partial charge is 0.331 e. The van der Waals surface area contributed by atoms with Gasteiger partial charge in [-0.15, -0.1) is 0 Å². The summed E-state index contributed by atoms with van der Waals surface area (Å²) in [6.07, 6.45) is 2.38. The lowest BCUT2D eigenvalue weighted by Crippen LogP contribution is -2.50. The van der Waals surface area contributed by atoms with Crippen molar-refractivity contribution < 1.29 is 28.4 Å². The van der Waals surface area contributed by atoms with Crippen molar-refractivity contribution in [2.75, 3.05) is 37.7 Å². The molecule has 0 aromatic heterocycles. The van der Waals surface area contributed by atoms with Crippen LogP contribution in [0.25, 0.3) is 6.08 Å². The standard InChI is InChI=1S/C23H21ClFN3O6/c1-15(29)17-4-6-20(19(25)13-17)26-8-10-27(11-9-26)22(30)14-34-23(31)7-3-16-2-5-18(24)21(12-16)28(32)33/h2-7,12-13H,8-11,14H2,1H3/b7-3+. The number of ether oxygens (including phenoxy) is 1. The number of hydrogen-bond donors (Lipinski definition) is 0. The second kappa shape index (κ2) is 10.9. The van der Waals surface area contributed by atoms with E-state index in [0.29, 0.717) is 43.0 Å². The molecule has 9 nitrogen and oxygen atoms in total. The molecule has 34 heavy (non-hydrogen) atoms. The van der Waals surface area contributed by atoms with Crippen LogP contribution in [0.15, 0.2) is 42.5 Å². The summed E-state index contributed by atoms with van der Waals surface area (Å²) in [5, 5.41) is 10.9. The molecule has 0 saturated carbocycles. The fraction of sp³-hybridized carbons (Fsp3) is 0.261. The zero-order valence-corrected chi connectivity index (χ0v) is 19.0. The lowest BCUT2D eigenvalue weighted by molar-refractivity contribution is -0.384. The number of amides is 1. The SMILES string of the molecule is CC(=O)c1ccc(N2CCN(C(=O)COC(=O)/C=C/c3ccc(Cl)c([N+](=O)[O-])c3)CC2)c(F)c1. The van der Waals surface area contributed by atoms with Crippen LogP contribution in [-0.2, 0) is 14.3 Å². The third kappa shape index (κ3) is 6.16. The summed E-state index contributed by atoms with van der Waals surface area (Å²) in [6.45, 7) is 2.29. The first-order valence-corrected chi connectivity index (χ1v) is 10.7. The number of benzene rings is 2. The number of ketones is 1. The van der Waals surface area contributed by atoms with E-state index < -0.39 is 29.2 Å². The molecule has 2 aromatic rings. The van der Waals surface area contributed by atoms with E-state index in [4.69, 9.17) is 16.3 Å². The molecule has 1 heterocycles. The van der Waals surface area contributed by atoms with E-state index in [1.807, 2.05) is 0 Å². The lowest BCUT2D eigenvalue weighted by Gasteiger charge is -2.36. The normalized spacial score (nSPS) is 13.7. The van der Waals surface area contributed by atoms with Crippen molar-refractivity contribution in [2.24, 2.45) is 0 Å². The Morgan fingerprint density at radius 1 is 1.15 bits per heavy atom. The van der Waals surface area contributed by atoms with Gasteiger partial charge in [0.05, 0.1) is 10.6 Å². The number of rotatable bonds is 7. The topological polar surface area (TPSA) is 110 Å². The number of nitro benzene ring substituents is 1. The molecule has 0 radical (unpaired) electrons. The minimum absolute atomic E-state index is 0.0220. The second-order valence-corrected chi connectivity index (χ2v) is 7.91. The number of carbonyl (C=O) groups excluding carboxylic acids is 3. The van der Waals surface area contributed by atoms with Crippen LogP contribution in [0.1, 0.15) is 22.8 Å². The van der Waals surface area contributed by atoms with Gasteiger partial charge >= 0.3 is 5.97 Å². The van der Waals surface area contributed by atoms with Gasteiger partial charge in [-0.25, -0.2) is 9.18 Å². The zero-order valence-electron chi connectivity index (χ0n) is 18.2. The van der Waals surface area contributed by atoms with Crippen molar-refractivity contribution >= 4 is 46.7 Å². The molecule has 2 aromatic carbocycles. The fourth-order valence-electron chi connectivity index (χ4n) is 3.39. The third-order valence-electron chi connectivity index (χ3n) is 5.24. The molecule has 0 aliphatic carbocycles. The molecule has 0 unspecified atom stereocenters. The first-order chi connectivity index (χ1) is 16.2. The molecule has 1 fully saturated rings. The van der Waals surface area contributed by atoms with Crippen molar-refractivity contribution in [1.29, 1.82) is 0 Å². The van der Waals surface area contributed by atoms with Gasteiger partial charge in [-0.2, -0.15) is 0 Å². The second-order valence-electron chi connectivity index (χ2n) is 7.50. The van der Waals surface area contributed by atoms with Crippen molar-refractivity contribution in [3.8, 4) is 0 Å². The largest absolute Gasteiger partial charge is 0.452 e. The van der Waals surface area contributed by atoms with Crippen LogP contribution in [0.4, 0.5) is 15.8 Å². The Bertz CT molecular complexity index is 1160. The van der Waals surface area contributed by atoms with Gasteiger partial charge in [0.1, 0.15) is 10.8 Å². The Balaban J connectivity index is 1.48. The summed E-state index contributed by atoms with van der Waals surface area (Å²) >= 11 is 5.75. The maximum atomic E-state index is 14.4. The number of anilines is 1. The highest BCUT2D eigenvalue weighted by Gasteiger charge is 2.23. The molecule has 1 saturated heterocycles. The van der Waals surface area contributed by atoms with E-state index in [0.717, 1.165) is 6.08 Å². The average Bonchev–Trinajstić information content (AvgIpc) is 2.81. The number of carbonyl (C=O) groups is 3. The zero-order chi connectivity index (χ0) is 24.8. The Hall–Kier alpha value is -3.79. The summed E-state index contributed by atoms with van der Waals surface area (Å²) in [5.41, 5.74) is 0.733. The van der Waals surface area contributed by atoms with E-state index in [2.05, 4.69) is 0 Å². The van der Waals surface area contributed by atoms with Crippen LogP contribution in [0.5, 0.6) is 0 Å². The van der Waals surface area contributed by atoms with Gasteiger partial charge in [-0.1, -0.05) is 17.7 Å². The number of hydrogen-bond acceptors (Lipinski definition) is 7. The number of nitro groups is 1. The van der Waals surface area contributed by atoms with E-state index >= 15 is 0 Å². The maximum absolute atomic E-state index is 14.4. The first-order valence-electron chi connectivity index (χ1n) is 10.3. The van der Waals surface area contributed by atoms with Crippen LogP contribution >= 0.6 is 11.6 Å². The molecule has 1 amide bonds. The number of Topliss-reactive ketones (excluding diaryl/α,β-unsaturated/α-hetero) is 1. The Labute approximate surface area is 199 Å². The van der Waals surface area contributed by atoms with Crippen LogP contribution < -0.4 is 4.90 Å². The Morgan fingerprint density at radius 2 is 1.85 bits per heavy atom. The van der Waals surface area contributed by atoms with Crippen molar-refractivity contribution in [2.45, 2.75) is 6.92 Å². The molecule has 0 atom stereocenters. The van der Waals surface area contributed by atoms with Crippen molar-refractivity contribution in [3.63, 3.8) is 0 Å². The van der Waals surface area contributed by atoms with E-state index in [-0.39, 0.29) is 16.5 Å². The molecular weight excluding hydrogens is 469 g/mol. The first kappa shape index (κ1) is 24.8. The molecule has 3 rings (SSSR count). The van der Waals surface area contributed by atoms with Gasteiger partial charge in [-0.05, 0) is 42.8 Å². The van der Waals surface area contributed by atoms with E-state index in [1.54, 1.807) is 17.0 Å². The summed E-state index contributed by atoms with van der Waals surface area (Å²) < 4.78 is 19.3. The molecule has 1 aliphatic heterocycles. The van der Waals surface area contributed by atoms with Gasteiger partial charge in [0.2, 0.25) is 0 Å². The molecule has 178 valence electrons. The monoisotopic (exact) mass is 489 g/mol. The predicted octanol–water partition coefficient (Wildman–Crippen LogP) is 3.50. The lowest BCUT2D eigenvalue weighted by atomic mass is 10.1. The van der Waals surface area contributed by atoms with Gasteiger partial charge in [0, 0.05) is 43.9 Å². The third-order valence-corrected chi connectivity index (χ3v) is 5.56. The number of nitrogens with zero attached hydrogens (tertiary/aromatic N) is 3. The van der Waals surface area contributed by atoms with Gasteiger partial charge in [0.15, 0.2) is 12.4 Å². The summed E-state index contributed by atoms with van der Waals surface area (Å²) in [5.74, 6) is -1.90. The molecule has 0 spiro atoms. The predicted molar refractivity (Wildman–Crippen MR) is 123 cm³/mol. The maximum Gasteiger partial charge on any atom is 0.331 e. The quantitative estimate of drug-likeness (QED) is 0.192. The number of esters is 1.